The fraction of sp³-hybridized carbons (Fsp3) is 0.875. The van der Waals surface area contributed by atoms with Gasteiger partial charge >= 0.3 is 13.8 Å². The van der Waals surface area contributed by atoms with Gasteiger partial charge in [-0.1, -0.05) is 70.4 Å². The highest BCUT2D eigenvalue weighted by molar-refractivity contribution is 7.46. The molecular weight excluding hydrogens is 463 g/mol. The summed E-state index contributed by atoms with van der Waals surface area (Å²) >= 11 is 0. The SMILES string of the molecule is CCCCCCCC/C=C\CCCCCCCC(=O)OC[C@@H](O)[C@H]1OC[C@H](OP(=O)(O)O)[C@H]1O. The zero-order valence-corrected chi connectivity index (χ0v) is 21.4. The van der Waals surface area contributed by atoms with Gasteiger partial charge in [-0.2, -0.15) is 0 Å². The topological polar surface area (TPSA) is 143 Å². The Balaban J connectivity index is 1.98. The molecule has 1 fully saturated rings. The predicted molar refractivity (Wildman–Crippen MR) is 129 cm³/mol. The minimum absolute atomic E-state index is 0.253. The molecule has 0 amide bonds. The van der Waals surface area contributed by atoms with Gasteiger partial charge in [0.25, 0.3) is 0 Å². The second-order valence-corrected chi connectivity index (χ2v) is 10.2. The number of carbonyl (C=O) groups is 1. The van der Waals surface area contributed by atoms with Crippen LogP contribution in [0.25, 0.3) is 0 Å². The average molecular weight is 509 g/mol. The van der Waals surface area contributed by atoms with E-state index >= 15 is 0 Å². The van der Waals surface area contributed by atoms with Crippen LogP contribution in [0.3, 0.4) is 0 Å². The van der Waals surface area contributed by atoms with E-state index in [1.807, 2.05) is 0 Å². The van der Waals surface area contributed by atoms with E-state index < -0.39 is 38.2 Å². The maximum Gasteiger partial charge on any atom is 0.470 e. The van der Waals surface area contributed by atoms with Crippen molar-refractivity contribution in [2.45, 2.75) is 121 Å². The van der Waals surface area contributed by atoms with Gasteiger partial charge in [-0.3, -0.25) is 9.32 Å². The van der Waals surface area contributed by atoms with Gasteiger partial charge in [0, 0.05) is 6.42 Å². The van der Waals surface area contributed by atoms with Crippen LogP contribution < -0.4 is 0 Å². The van der Waals surface area contributed by atoms with Crippen LogP contribution in [0.15, 0.2) is 12.2 Å². The molecule has 0 bridgehead atoms. The van der Waals surface area contributed by atoms with Crippen LogP contribution in [-0.2, 0) is 23.4 Å². The number of allylic oxidation sites excluding steroid dienone is 2. The summed E-state index contributed by atoms with van der Waals surface area (Å²) < 4.78 is 25.5. The number of unbranched alkanes of at least 4 members (excludes halogenated alkanes) is 11. The Labute approximate surface area is 204 Å². The minimum atomic E-state index is -4.79. The molecule has 0 spiro atoms. The molecule has 1 aliphatic rings. The molecule has 1 aliphatic heterocycles. The van der Waals surface area contributed by atoms with Crippen molar-refractivity contribution in [3.05, 3.63) is 12.2 Å². The molecule has 0 radical (unpaired) electrons. The molecule has 1 heterocycles. The van der Waals surface area contributed by atoms with Crippen LogP contribution in [0.5, 0.6) is 0 Å². The van der Waals surface area contributed by atoms with Gasteiger partial charge in [0.05, 0.1) is 6.61 Å². The van der Waals surface area contributed by atoms with E-state index in [-0.39, 0.29) is 19.6 Å². The Morgan fingerprint density at radius 2 is 1.56 bits per heavy atom. The van der Waals surface area contributed by atoms with Crippen LogP contribution in [0.1, 0.15) is 96.8 Å². The first kappa shape index (κ1) is 31.2. The highest BCUT2D eigenvalue weighted by atomic mass is 31.2. The highest BCUT2D eigenvalue weighted by Crippen LogP contribution is 2.40. The van der Waals surface area contributed by atoms with E-state index in [0.717, 1.165) is 32.1 Å². The highest BCUT2D eigenvalue weighted by Gasteiger charge is 2.43. The Hall–Kier alpha value is -0.800. The van der Waals surface area contributed by atoms with E-state index in [1.54, 1.807) is 0 Å². The lowest BCUT2D eigenvalue weighted by Crippen LogP contribution is -2.41. The number of ether oxygens (including phenoxy) is 2. The Morgan fingerprint density at radius 1 is 1.00 bits per heavy atom. The van der Waals surface area contributed by atoms with Crippen molar-refractivity contribution in [2.75, 3.05) is 13.2 Å². The number of carbonyl (C=O) groups excluding carboxylic acids is 1. The summed E-state index contributed by atoms with van der Waals surface area (Å²) in [4.78, 5) is 29.5. The molecule has 1 rings (SSSR count). The van der Waals surface area contributed by atoms with Crippen molar-refractivity contribution in [1.82, 2.24) is 0 Å². The Morgan fingerprint density at radius 3 is 2.15 bits per heavy atom. The van der Waals surface area contributed by atoms with Gasteiger partial charge in [0.15, 0.2) is 0 Å². The van der Waals surface area contributed by atoms with E-state index in [4.69, 9.17) is 19.3 Å². The van der Waals surface area contributed by atoms with Crippen LogP contribution in [0.2, 0.25) is 0 Å². The number of esters is 1. The molecule has 0 unspecified atom stereocenters. The number of hydrogen-bond donors (Lipinski definition) is 4. The molecule has 4 atom stereocenters. The summed E-state index contributed by atoms with van der Waals surface area (Å²) in [5.74, 6) is -0.438. The smallest absolute Gasteiger partial charge is 0.463 e. The van der Waals surface area contributed by atoms with E-state index in [0.29, 0.717) is 6.42 Å². The van der Waals surface area contributed by atoms with Crippen molar-refractivity contribution in [3.8, 4) is 0 Å². The fourth-order valence-electron chi connectivity index (χ4n) is 3.91. The second kappa shape index (κ2) is 18.5. The van der Waals surface area contributed by atoms with E-state index in [9.17, 15) is 19.6 Å². The quantitative estimate of drug-likeness (QED) is 0.0825. The summed E-state index contributed by atoms with van der Waals surface area (Å²) in [6, 6.07) is 0. The molecule has 1 saturated heterocycles. The van der Waals surface area contributed by atoms with Crippen molar-refractivity contribution in [3.63, 3.8) is 0 Å². The lowest BCUT2D eigenvalue weighted by atomic mass is 10.1. The summed E-state index contributed by atoms with van der Waals surface area (Å²) in [5, 5.41) is 20.1. The molecule has 9 nitrogen and oxygen atoms in total. The first-order valence-electron chi connectivity index (χ1n) is 12.8. The largest absolute Gasteiger partial charge is 0.470 e. The third-order valence-corrected chi connectivity index (χ3v) is 6.43. The van der Waals surface area contributed by atoms with E-state index in [1.165, 1.54) is 44.9 Å². The average Bonchev–Trinajstić information content (AvgIpc) is 3.13. The molecule has 34 heavy (non-hydrogen) atoms. The molecule has 10 heteroatoms. The molecular formula is C24H45O9P. The lowest BCUT2D eigenvalue weighted by molar-refractivity contribution is -0.151. The summed E-state index contributed by atoms with van der Waals surface area (Å²) in [6.45, 7) is 1.59. The van der Waals surface area contributed by atoms with Crippen molar-refractivity contribution >= 4 is 13.8 Å². The van der Waals surface area contributed by atoms with Gasteiger partial charge in [0.1, 0.15) is 31.0 Å². The first-order valence-corrected chi connectivity index (χ1v) is 14.3. The van der Waals surface area contributed by atoms with Gasteiger partial charge in [0.2, 0.25) is 0 Å². The summed E-state index contributed by atoms with van der Waals surface area (Å²) in [7, 11) is -4.79. The maximum atomic E-state index is 11.9. The van der Waals surface area contributed by atoms with Gasteiger partial charge in [-0.05, 0) is 32.1 Å². The molecule has 0 aromatic carbocycles. The van der Waals surface area contributed by atoms with Crippen molar-refractivity contribution in [2.24, 2.45) is 0 Å². The number of aliphatic hydroxyl groups is 2. The molecule has 4 N–H and O–H groups in total. The van der Waals surface area contributed by atoms with Crippen molar-refractivity contribution < 1.29 is 43.4 Å². The van der Waals surface area contributed by atoms with Crippen LogP contribution >= 0.6 is 7.82 Å². The Bertz CT molecular complexity index is 607. The number of phosphoric acid groups is 1. The second-order valence-electron chi connectivity index (χ2n) is 9.01. The van der Waals surface area contributed by atoms with Crippen molar-refractivity contribution in [1.29, 1.82) is 0 Å². The zero-order chi connectivity index (χ0) is 25.2. The monoisotopic (exact) mass is 508 g/mol. The number of aliphatic hydroxyl groups excluding tert-OH is 2. The normalized spacial score (nSPS) is 21.9. The molecule has 0 aliphatic carbocycles. The molecule has 0 saturated carbocycles. The predicted octanol–water partition coefficient (Wildman–Crippen LogP) is 4.17. The standard InChI is InChI=1S/C24H45O9P/c1-2-3-4-5-6-7-8-9-10-11-12-13-14-15-16-17-22(26)31-18-20(25)24-23(27)21(19-32-24)33-34(28,29)30/h9-10,20-21,23-25,27H,2-8,11-19H2,1H3,(H2,28,29,30)/b10-9-/t20-,21+,23-,24-/m1/s1. The Kier molecular flexibility index (Phi) is 17.0. The number of hydrogen-bond acceptors (Lipinski definition) is 7. The number of phosphoric ester groups is 1. The number of rotatable bonds is 20. The van der Waals surface area contributed by atoms with Gasteiger partial charge < -0.3 is 29.5 Å². The zero-order valence-electron chi connectivity index (χ0n) is 20.6. The third kappa shape index (κ3) is 15.2. The summed E-state index contributed by atoms with van der Waals surface area (Å²) in [6.07, 6.45) is 14.9. The van der Waals surface area contributed by atoms with Crippen LogP contribution in [0, 0.1) is 0 Å². The summed E-state index contributed by atoms with van der Waals surface area (Å²) in [5.41, 5.74) is 0. The fourth-order valence-corrected chi connectivity index (χ4v) is 4.45. The first-order chi connectivity index (χ1) is 16.2. The van der Waals surface area contributed by atoms with E-state index in [2.05, 4.69) is 23.6 Å². The third-order valence-electron chi connectivity index (χ3n) is 5.88. The molecule has 0 aromatic heterocycles. The van der Waals surface area contributed by atoms with Crippen LogP contribution in [0.4, 0.5) is 0 Å². The van der Waals surface area contributed by atoms with Crippen LogP contribution in [-0.4, -0.2) is 63.6 Å². The van der Waals surface area contributed by atoms with Gasteiger partial charge in [-0.15, -0.1) is 0 Å². The minimum Gasteiger partial charge on any atom is -0.463 e. The van der Waals surface area contributed by atoms with Gasteiger partial charge in [-0.25, -0.2) is 4.57 Å². The molecule has 0 aromatic rings. The maximum absolute atomic E-state index is 11.9. The molecule has 200 valence electrons. The lowest BCUT2D eigenvalue weighted by Gasteiger charge is -2.22.